The third-order valence-corrected chi connectivity index (χ3v) is 7.45. The largest absolute Gasteiger partial charge is 0.504 e. The lowest BCUT2D eigenvalue weighted by atomic mass is 9.82. The van der Waals surface area contributed by atoms with Crippen molar-refractivity contribution >= 4 is 17.5 Å². The number of aliphatic hydroxyl groups is 4. The molecular weight excluding hydrogens is 498 g/mol. The van der Waals surface area contributed by atoms with E-state index in [1.54, 1.807) is 12.1 Å². The third kappa shape index (κ3) is 4.20. The molecule has 2 aliphatic carbocycles. The van der Waals surface area contributed by atoms with E-state index in [9.17, 15) is 35.1 Å². The average molecular weight is 528 g/mol. The van der Waals surface area contributed by atoms with Gasteiger partial charge in [0.25, 0.3) is 0 Å². The van der Waals surface area contributed by atoms with Crippen molar-refractivity contribution in [2.75, 3.05) is 0 Å². The second kappa shape index (κ2) is 9.64. The minimum absolute atomic E-state index is 0.0851. The highest BCUT2D eigenvalue weighted by Crippen LogP contribution is 2.44. The van der Waals surface area contributed by atoms with Gasteiger partial charge >= 0.3 is 0 Å². The van der Waals surface area contributed by atoms with E-state index in [4.69, 9.17) is 20.9 Å². The van der Waals surface area contributed by atoms with Crippen molar-refractivity contribution in [1.29, 1.82) is 0 Å². The van der Waals surface area contributed by atoms with E-state index in [1.807, 2.05) is 0 Å². The fourth-order valence-electron chi connectivity index (χ4n) is 5.48. The first-order valence-corrected chi connectivity index (χ1v) is 12.2. The summed E-state index contributed by atoms with van der Waals surface area (Å²) in [5.74, 6) is -2.48. The molecule has 0 radical (unpaired) electrons. The lowest BCUT2D eigenvalue weighted by Gasteiger charge is -2.45. The Morgan fingerprint density at radius 2 is 1.63 bits per heavy atom. The average Bonchev–Trinajstić information content (AvgIpc) is 3.34. The fraction of sp³-hybridized carbons (Fsp3) is 0.423. The summed E-state index contributed by atoms with van der Waals surface area (Å²) >= 11 is 0. The van der Waals surface area contributed by atoms with Crippen LogP contribution in [0.15, 0.2) is 35.3 Å². The summed E-state index contributed by atoms with van der Waals surface area (Å²) in [6.07, 6.45) is -6.16. The number of benzene rings is 2. The van der Waals surface area contributed by atoms with Gasteiger partial charge in [-0.3, -0.25) is 9.59 Å². The molecule has 38 heavy (non-hydrogen) atoms. The summed E-state index contributed by atoms with van der Waals surface area (Å²) < 4.78 is 11.6. The van der Waals surface area contributed by atoms with E-state index in [2.05, 4.69) is 4.99 Å². The maximum atomic E-state index is 13.3. The first kappa shape index (κ1) is 26.1. The van der Waals surface area contributed by atoms with Crippen LogP contribution in [0.3, 0.4) is 0 Å². The van der Waals surface area contributed by atoms with Crippen LogP contribution >= 0.6 is 0 Å². The Hall–Kier alpha value is -3.55. The van der Waals surface area contributed by atoms with Gasteiger partial charge in [0, 0.05) is 22.3 Å². The van der Waals surface area contributed by atoms with Crippen molar-refractivity contribution in [3.05, 3.63) is 58.1 Å². The number of phenolic OH excluding ortho intramolecular Hbond substituents is 1. The minimum atomic E-state index is -1.80. The molecule has 1 saturated carbocycles. The van der Waals surface area contributed by atoms with Crippen LogP contribution < -0.4 is 16.2 Å². The number of aliphatic hydroxyl groups excluding tert-OH is 3. The number of nitrogens with zero attached hydrogens (tertiary/aromatic N) is 1. The molecule has 12 nitrogen and oxygen atoms in total. The van der Waals surface area contributed by atoms with Crippen LogP contribution in [0, 0.1) is 0 Å². The maximum Gasteiger partial charge on any atom is 0.229 e. The van der Waals surface area contributed by atoms with E-state index < -0.39 is 53.6 Å². The molecule has 0 bridgehead atoms. The molecule has 202 valence electrons. The summed E-state index contributed by atoms with van der Waals surface area (Å²) in [6, 6.07) is 7.48. The monoisotopic (exact) mass is 527 g/mol. The highest BCUT2D eigenvalue weighted by molar-refractivity contribution is 6.29. The van der Waals surface area contributed by atoms with Crippen molar-refractivity contribution in [3.8, 4) is 11.5 Å². The topological polar surface area (TPSA) is 218 Å². The first-order valence-electron chi connectivity index (χ1n) is 12.2. The summed E-state index contributed by atoms with van der Waals surface area (Å²) in [6.45, 7) is -0.275. The predicted octanol–water partition coefficient (Wildman–Crippen LogP) is -0.568. The van der Waals surface area contributed by atoms with Crippen molar-refractivity contribution in [1.82, 2.24) is 0 Å². The van der Waals surface area contributed by atoms with Gasteiger partial charge in [-0.15, -0.1) is 0 Å². The number of guanidine groups is 1. The number of aromatic hydroxyl groups is 1. The van der Waals surface area contributed by atoms with Gasteiger partial charge in [-0.1, -0.05) is 37.1 Å². The smallest absolute Gasteiger partial charge is 0.229 e. The molecule has 0 aromatic heterocycles. The van der Waals surface area contributed by atoms with Crippen LogP contribution in [0.2, 0.25) is 0 Å². The predicted molar refractivity (Wildman–Crippen MR) is 132 cm³/mol. The molecule has 0 amide bonds. The number of phenols is 1. The lowest BCUT2D eigenvalue weighted by Crippen LogP contribution is -2.65. The highest BCUT2D eigenvalue weighted by Gasteiger charge is 2.54. The zero-order valence-corrected chi connectivity index (χ0v) is 20.3. The van der Waals surface area contributed by atoms with E-state index >= 15 is 0 Å². The van der Waals surface area contributed by atoms with Gasteiger partial charge in [0.1, 0.15) is 24.4 Å². The summed E-state index contributed by atoms with van der Waals surface area (Å²) in [5.41, 5.74) is 9.43. The number of carbonyl (C=O) groups is 2. The highest BCUT2D eigenvalue weighted by atomic mass is 16.7. The quantitative estimate of drug-likeness (QED) is 0.165. The van der Waals surface area contributed by atoms with Crippen LogP contribution in [0.25, 0.3) is 0 Å². The van der Waals surface area contributed by atoms with Crippen LogP contribution in [0.1, 0.15) is 63.1 Å². The zero-order chi connectivity index (χ0) is 27.4. The van der Waals surface area contributed by atoms with Gasteiger partial charge in [-0.25, -0.2) is 4.99 Å². The molecular formula is C26H29N3O9. The number of carbonyl (C=O) groups excluding carboxylic acids is 2. The Labute approximate surface area is 217 Å². The van der Waals surface area contributed by atoms with E-state index in [0.29, 0.717) is 25.7 Å². The molecule has 2 fully saturated rings. The Kier molecular flexibility index (Phi) is 6.61. The molecule has 5 atom stereocenters. The molecule has 9 N–H and O–H groups in total. The van der Waals surface area contributed by atoms with E-state index in [1.165, 1.54) is 18.2 Å². The van der Waals surface area contributed by atoms with Gasteiger partial charge in [0.2, 0.25) is 6.29 Å². The Morgan fingerprint density at radius 1 is 1.00 bits per heavy atom. The number of fused-ring (bicyclic) bond motifs is 2. The molecule has 3 aliphatic rings. The second-order valence-electron chi connectivity index (χ2n) is 9.91. The van der Waals surface area contributed by atoms with Crippen LogP contribution in [-0.2, 0) is 11.3 Å². The maximum absolute atomic E-state index is 13.3. The van der Waals surface area contributed by atoms with Crippen molar-refractivity contribution in [3.63, 3.8) is 0 Å². The molecule has 0 unspecified atom stereocenters. The molecule has 2 aromatic carbocycles. The molecule has 2 aromatic rings. The van der Waals surface area contributed by atoms with Gasteiger partial charge in [0.15, 0.2) is 29.0 Å². The van der Waals surface area contributed by atoms with Crippen molar-refractivity contribution < 1.29 is 44.6 Å². The molecule has 1 heterocycles. The van der Waals surface area contributed by atoms with Crippen LogP contribution in [-0.4, -0.2) is 79.4 Å². The number of hydrogen-bond donors (Lipinski definition) is 7. The zero-order valence-electron chi connectivity index (χ0n) is 20.3. The molecule has 1 saturated heterocycles. The van der Waals surface area contributed by atoms with E-state index in [-0.39, 0.29) is 46.1 Å². The number of aliphatic imine (C=N–C) groups is 1. The summed E-state index contributed by atoms with van der Waals surface area (Å²) in [7, 11) is 0. The van der Waals surface area contributed by atoms with Gasteiger partial charge in [-0.05, 0) is 18.9 Å². The van der Waals surface area contributed by atoms with Crippen molar-refractivity contribution in [2.24, 2.45) is 16.5 Å². The molecule has 5 rings (SSSR count). The summed E-state index contributed by atoms with van der Waals surface area (Å²) in [4.78, 5) is 30.4. The van der Waals surface area contributed by atoms with Gasteiger partial charge < -0.3 is 46.5 Å². The Balaban J connectivity index is 1.58. The van der Waals surface area contributed by atoms with Gasteiger partial charge in [-0.2, -0.15) is 0 Å². The number of nitrogens with two attached hydrogens (primary N) is 2. The number of ether oxygens (including phenoxy) is 2. The second-order valence-corrected chi connectivity index (χ2v) is 9.91. The van der Waals surface area contributed by atoms with Gasteiger partial charge in [0.05, 0.1) is 17.7 Å². The number of hydrogen-bond acceptors (Lipinski definition) is 10. The van der Waals surface area contributed by atoms with Crippen LogP contribution in [0.5, 0.6) is 11.5 Å². The Bertz CT molecular complexity index is 1320. The standard InChI is InChI=1S/C26H29N3O9/c27-25(28)29-10-11-9-14-15(17(31)13-6-2-1-5-12(13)16(14)30)18(32)22(11)37-24-21(35)19(33)20(34)23(38-24)26(36)7-3-4-8-26/h1-2,5-6,9,19-21,23-24,32-36H,3-4,7-8,10H2,(H4,27,28,29)/t19-,20-,21+,23-,24-/m1/s1. The minimum Gasteiger partial charge on any atom is -0.504 e. The normalized spacial score (nSPS) is 27.9. The fourth-order valence-corrected chi connectivity index (χ4v) is 5.48. The van der Waals surface area contributed by atoms with Crippen molar-refractivity contribution in [2.45, 2.75) is 68.5 Å². The summed E-state index contributed by atoms with van der Waals surface area (Å²) in [5, 5.41) is 54.1. The molecule has 0 spiro atoms. The Morgan fingerprint density at radius 3 is 2.26 bits per heavy atom. The number of rotatable bonds is 5. The number of ketones is 2. The molecule has 12 heteroatoms. The van der Waals surface area contributed by atoms with E-state index in [0.717, 1.165) is 0 Å². The van der Waals surface area contributed by atoms with Crippen LogP contribution in [0.4, 0.5) is 0 Å². The SMILES string of the molecule is NC(N)=NCc1cc2c(c(O)c1O[C@@H]1O[C@@H](C3(O)CCCC3)[C@H](O)[C@@H](O)[C@@H]1O)C(=O)c1ccccc1C2=O. The molecule has 1 aliphatic heterocycles. The third-order valence-electron chi connectivity index (χ3n) is 7.45. The first-order chi connectivity index (χ1) is 18.0. The lowest BCUT2D eigenvalue weighted by molar-refractivity contribution is -0.304.